The molecule has 0 amide bonds. The van der Waals surface area contributed by atoms with Crippen LogP contribution in [0.1, 0.15) is 25.3 Å². The molecule has 22 heavy (non-hydrogen) atoms. The molecule has 1 aromatic heterocycles. The first kappa shape index (κ1) is 15.4. The Morgan fingerprint density at radius 3 is 2.64 bits per heavy atom. The maximum absolute atomic E-state index is 5.99. The van der Waals surface area contributed by atoms with Crippen LogP contribution in [-0.4, -0.2) is 29.0 Å². The molecule has 118 valence electrons. The molecule has 5 heteroatoms. The van der Waals surface area contributed by atoms with E-state index in [2.05, 4.69) is 35.3 Å². The van der Waals surface area contributed by atoms with Gasteiger partial charge in [-0.3, -0.25) is 4.68 Å². The van der Waals surface area contributed by atoms with Gasteiger partial charge in [0, 0.05) is 43.6 Å². The molecule has 0 radical (unpaired) electrons. The van der Waals surface area contributed by atoms with Crippen molar-refractivity contribution in [1.82, 2.24) is 9.78 Å². The second kappa shape index (κ2) is 7.16. The van der Waals surface area contributed by atoms with Gasteiger partial charge in [0.15, 0.2) is 0 Å². The Balaban J connectivity index is 1.82. The number of anilines is 1. The fourth-order valence-corrected chi connectivity index (χ4v) is 3.01. The van der Waals surface area contributed by atoms with Crippen molar-refractivity contribution >= 4 is 17.3 Å². The largest absolute Gasteiger partial charge is 0.381 e. The molecule has 1 aromatic carbocycles. The summed E-state index contributed by atoms with van der Waals surface area (Å²) in [5.41, 5.74) is 2.45. The summed E-state index contributed by atoms with van der Waals surface area (Å²) in [7, 11) is 0. The van der Waals surface area contributed by atoms with Crippen molar-refractivity contribution in [3.63, 3.8) is 0 Å². The third-order valence-electron chi connectivity index (χ3n) is 4.17. The molecule has 0 saturated carbocycles. The molecule has 1 fully saturated rings. The number of aryl methyl sites for hydroxylation is 1. The van der Waals surface area contributed by atoms with Crippen LogP contribution in [-0.2, 0) is 17.8 Å². The van der Waals surface area contributed by atoms with E-state index in [0.717, 1.165) is 44.2 Å². The smallest absolute Gasteiger partial charge is 0.0758 e. The first-order chi connectivity index (χ1) is 10.8. The van der Waals surface area contributed by atoms with E-state index in [0.29, 0.717) is 6.04 Å². The van der Waals surface area contributed by atoms with Crippen molar-refractivity contribution in [3.8, 4) is 0 Å². The number of rotatable bonds is 5. The summed E-state index contributed by atoms with van der Waals surface area (Å²) in [5, 5.41) is 5.21. The van der Waals surface area contributed by atoms with E-state index in [4.69, 9.17) is 16.3 Å². The highest BCUT2D eigenvalue weighted by molar-refractivity contribution is 6.30. The van der Waals surface area contributed by atoms with Crippen LogP contribution in [0, 0.1) is 0 Å². The van der Waals surface area contributed by atoms with Gasteiger partial charge in [0.05, 0.1) is 11.9 Å². The van der Waals surface area contributed by atoms with E-state index in [1.807, 2.05) is 23.0 Å². The molecule has 0 unspecified atom stereocenters. The van der Waals surface area contributed by atoms with E-state index < -0.39 is 0 Å². The third kappa shape index (κ3) is 3.62. The maximum atomic E-state index is 5.99. The molecule has 3 rings (SSSR count). The van der Waals surface area contributed by atoms with E-state index in [9.17, 15) is 0 Å². The standard InChI is InChI=1S/C17H22ClN3O/c1-2-20-13-17(11-19-20)21(16-7-9-22-10-8-16)12-14-3-5-15(18)6-4-14/h3-6,11,13,16H,2,7-10,12H2,1H3. The second-order valence-corrected chi connectivity index (χ2v) is 6.09. The van der Waals surface area contributed by atoms with Crippen molar-refractivity contribution < 1.29 is 4.74 Å². The van der Waals surface area contributed by atoms with E-state index in [-0.39, 0.29) is 0 Å². The molecule has 4 nitrogen and oxygen atoms in total. The first-order valence-electron chi connectivity index (χ1n) is 7.87. The highest BCUT2D eigenvalue weighted by Gasteiger charge is 2.23. The highest BCUT2D eigenvalue weighted by Crippen LogP contribution is 2.25. The van der Waals surface area contributed by atoms with Gasteiger partial charge in [0.1, 0.15) is 0 Å². The van der Waals surface area contributed by atoms with Crippen LogP contribution in [0.25, 0.3) is 0 Å². The molecule has 0 N–H and O–H groups in total. The summed E-state index contributed by atoms with van der Waals surface area (Å²) in [5.74, 6) is 0. The number of nitrogens with zero attached hydrogens (tertiary/aromatic N) is 3. The zero-order chi connectivity index (χ0) is 15.4. The van der Waals surface area contributed by atoms with Gasteiger partial charge in [0.2, 0.25) is 0 Å². The quantitative estimate of drug-likeness (QED) is 0.841. The Kier molecular flexibility index (Phi) is 5.01. The highest BCUT2D eigenvalue weighted by atomic mass is 35.5. The van der Waals surface area contributed by atoms with Gasteiger partial charge in [0.25, 0.3) is 0 Å². The van der Waals surface area contributed by atoms with Gasteiger partial charge in [-0.15, -0.1) is 0 Å². The Hall–Kier alpha value is -1.52. The summed E-state index contributed by atoms with van der Waals surface area (Å²) < 4.78 is 7.49. The molecule has 2 aromatic rings. The summed E-state index contributed by atoms with van der Waals surface area (Å²) in [6, 6.07) is 8.60. The molecule has 1 aliphatic rings. The van der Waals surface area contributed by atoms with Gasteiger partial charge in [-0.25, -0.2) is 0 Å². The maximum Gasteiger partial charge on any atom is 0.0758 e. The number of aromatic nitrogens is 2. The summed E-state index contributed by atoms with van der Waals surface area (Å²) >= 11 is 5.99. The normalized spacial score (nSPS) is 15.9. The van der Waals surface area contributed by atoms with Gasteiger partial charge >= 0.3 is 0 Å². The third-order valence-corrected chi connectivity index (χ3v) is 4.43. The second-order valence-electron chi connectivity index (χ2n) is 5.65. The van der Waals surface area contributed by atoms with Crippen molar-refractivity contribution in [2.24, 2.45) is 0 Å². The molecule has 0 aliphatic carbocycles. The molecular weight excluding hydrogens is 298 g/mol. The predicted octanol–water partition coefficient (Wildman–Crippen LogP) is 3.74. The Morgan fingerprint density at radius 2 is 2.00 bits per heavy atom. The lowest BCUT2D eigenvalue weighted by molar-refractivity contribution is 0.0841. The molecule has 0 spiro atoms. The van der Waals surface area contributed by atoms with Gasteiger partial charge < -0.3 is 9.64 Å². The molecule has 0 bridgehead atoms. The number of hydrogen-bond acceptors (Lipinski definition) is 3. The molecular formula is C17H22ClN3O. The van der Waals surface area contributed by atoms with Crippen molar-refractivity contribution in [2.75, 3.05) is 18.1 Å². The minimum Gasteiger partial charge on any atom is -0.381 e. The van der Waals surface area contributed by atoms with Crippen molar-refractivity contribution in [3.05, 3.63) is 47.2 Å². The number of halogens is 1. The van der Waals surface area contributed by atoms with Crippen molar-refractivity contribution in [1.29, 1.82) is 0 Å². The minimum absolute atomic E-state index is 0.499. The molecule has 0 atom stereocenters. The van der Waals surface area contributed by atoms with E-state index in [1.54, 1.807) is 0 Å². The fraction of sp³-hybridized carbons (Fsp3) is 0.471. The monoisotopic (exact) mass is 319 g/mol. The van der Waals surface area contributed by atoms with Crippen LogP contribution in [0.3, 0.4) is 0 Å². The van der Waals surface area contributed by atoms with Gasteiger partial charge in [-0.2, -0.15) is 5.10 Å². The predicted molar refractivity (Wildman–Crippen MR) is 89.4 cm³/mol. The lowest BCUT2D eigenvalue weighted by Gasteiger charge is -2.35. The molecule has 2 heterocycles. The van der Waals surface area contributed by atoms with Crippen LogP contribution in [0.5, 0.6) is 0 Å². The zero-order valence-electron chi connectivity index (χ0n) is 12.9. The Bertz CT molecular complexity index is 590. The summed E-state index contributed by atoms with van der Waals surface area (Å²) in [4.78, 5) is 2.45. The minimum atomic E-state index is 0.499. The average Bonchev–Trinajstić information content (AvgIpc) is 3.04. The van der Waals surface area contributed by atoms with Gasteiger partial charge in [-0.1, -0.05) is 23.7 Å². The van der Waals surface area contributed by atoms with Crippen LogP contribution in [0.2, 0.25) is 5.02 Å². The molecule has 1 saturated heterocycles. The van der Waals surface area contributed by atoms with E-state index in [1.165, 1.54) is 11.3 Å². The van der Waals surface area contributed by atoms with Crippen LogP contribution in [0.4, 0.5) is 5.69 Å². The zero-order valence-corrected chi connectivity index (χ0v) is 13.7. The lowest BCUT2D eigenvalue weighted by atomic mass is 10.1. The van der Waals surface area contributed by atoms with Crippen molar-refractivity contribution in [2.45, 2.75) is 38.9 Å². The first-order valence-corrected chi connectivity index (χ1v) is 8.25. The van der Waals surface area contributed by atoms with Crippen LogP contribution in [0.15, 0.2) is 36.7 Å². The lowest BCUT2D eigenvalue weighted by Crippen LogP contribution is -2.39. The number of benzene rings is 1. The SMILES string of the molecule is CCn1cc(N(Cc2ccc(Cl)cc2)C2CCOCC2)cn1. The average molecular weight is 320 g/mol. The molecule has 1 aliphatic heterocycles. The summed E-state index contributed by atoms with van der Waals surface area (Å²) in [6.45, 7) is 5.54. The van der Waals surface area contributed by atoms with Crippen LogP contribution >= 0.6 is 11.6 Å². The van der Waals surface area contributed by atoms with Crippen LogP contribution < -0.4 is 4.90 Å². The number of hydrogen-bond donors (Lipinski definition) is 0. The Labute approximate surface area is 136 Å². The number of ether oxygens (including phenoxy) is 1. The van der Waals surface area contributed by atoms with Gasteiger partial charge in [-0.05, 0) is 37.5 Å². The summed E-state index contributed by atoms with van der Waals surface area (Å²) in [6.07, 6.45) is 6.22. The Morgan fingerprint density at radius 1 is 1.27 bits per heavy atom. The fourth-order valence-electron chi connectivity index (χ4n) is 2.89. The topological polar surface area (TPSA) is 30.3 Å². The van der Waals surface area contributed by atoms with E-state index >= 15 is 0 Å².